The van der Waals surface area contributed by atoms with E-state index in [4.69, 9.17) is 0 Å². The van der Waals surface area contributed by atoms with Gasteiger partial charge in [-0.05, 0) is 42.7 Å². The molecule has 1 saturated carbocycles. The van der Waals surface area contributed by atoms with Crippen LogP contribution in [0.2, 0.25) is 0 Å². The van der Waals surface area contributed by atoms with Gasteiger partial charge in [-0.1, -0.05) is 37.1 Å². The molecule has 2 aliphatic rings. The highest BCUT2D eigenvalue weighted by Crippen LogP contribution is 2.36. The SMILES string of the molecule is CN(C(=O)CC1CCCC1)C1CCc2ccccc21. The minimum absolute atomic E-state index is 0.310. The quantitative estimate of drug-likeness (QED) is 0.808. The standard InChI is InChI=1S/C17H23NO/c1-18(17(19)12-13-6-2-3-7-13)16-11-10-14-8-4-5-9-15(14)16/h4-5,8-9,13,16H,2-3,6-7,10-12H2,1H3. The third-order valence-electron chi connectivity index (χ3n) is 4.90. The van der Waals surface area contributed by atoms with E-state index in [1.165, 1.54) is 36.8 Å². The van der Waals surface area contributed by atoms with Crippen molar-refractivity contribution in [2.45, 2.75) is 51.0 Å². The van der Waals surface area contributed by atoms with Gasteiger partial charge in [-0.2, -0.15) is 0 Å². The minimum Gasteiger partial charge on any atom is -0.339 e. The molecule has 1 unspecified atom stereocenters. The molecule has 2 aliphatic carbocycles. The number of aryl methyl sites for hydroxylation is 1. The maximum Gasteiger partial charge on any atom is 0.223 e. The summed E-state index contributed by atoms with van der Waals surface area (Å²) in [5.74, 6) is 0.986. The maximum absolute atomic E-state index is 12.4. The average Bonchev–Trinajstić information content (AvgIpc) is 3.06. The molecule has 0 aromatic heterocycles. The van der Waals surface area contributed by atoms with Crippen LogP contribution in [0.15, 0.2) is 24.3 Å². The second-order valence-corrected chi connectivity index (χ2v) is 6.11. The second-order valence-electron chi connectivity index (χ2n) is 6.11. The van der Waals surface area contributed by atoms with Gasteiger partial charge in [0, 0.05) is 13.5 Å². The Morgan fingerprint density at radius 1 is 1.21 bits per heavy atom. The van der Waals surface area contributed by atoms with Crippen LogP contribution in [0.1, 0.15) is 55.7 Å². The first-order chi connectivity index (χ1) is 9.25. The Morgan fingerprint density at radius 3 is 2.74 bits per heavy atom. The number of rotatable bonds is 3. The largest absolute Gasteiger partial charge is 0.339 e. The van der Waals surface area contributed by atoms with Crippen LogP contribution in [0.25, 0.3) is 0 Å². The molecule has 1 aromatic carbocycles. The number of amides is 1. The van der Waals surface area contributed by atoms with E-state index < -0.39 is 0 Å². The van der Waals surface area contributed by atoms with E-state index in [2.05, 4.69) is 24.3 Å². The van der Waals surface area contributed by atoms with Crippen LogP contribution in [-0.4, -0.2) is 17.9 Å². The summed E-state index contributed by atoms with van der Waals surface area (Å²) in [5, 5.41) is 0. The topological polar surface area (TPSA) is 20.3 Å². The lowest BCUT2D eigenvalue weighted by atomic mass is 10.0. The van der Waals surface area contributed by atoms with Crippen LogP contribution in [-0.2, 0) is 11.2 Å². The summed E-state index contributed by atoms with van der Waals surface area (Å²) in [4.78, 5) is 14.4. The summed E-state index contributed by atoms with van der Waals surface area (Å²) in [6.07, 6.45) is 8.09. The van der Waals surface area contributed by atoms with Crippen LogP contribution in [0.4, 0.5) is 0 Å². The van der Waals surface area contributed by atoms with Crippen LogP contribution >= 0.6 is 0 Å². The van der Waals surface area contributed by atoms with Crippen molar-refractivity contribution in [2.24, 2.45) is 5.92 Å². The number of hydrogen-bond acceptors (Lipinski definition) is 1. The van der Waals surface area contributed by atoms with Gasteiger partial charge in [0.05, 0.1) is 6.04 Å². The summed E-state index contributed by atoms with van der Waals surface area (Å²) in [7, 11) is 1.99. The molecule has 1 amide bonds. The molecule has 2 heteroatoms. The van der Waals surface area contributed by atoms with Gasteiger partial charge < -0.3 is 4.90 Å². The van der Waals surface area contributed by atoms with E-state index in [9.17, 15) is 4.79 Å². The Balaban J connectivity index is 1.67. The molecule has 3 rings (SSSR count). The molecule has 1 atom stereocenters. The van der Waals surface area contributed by atoms with Gasteiger partial charge in [-0.25, -0.2) is 0 Å². The zero-order valence-electron chi connectivity index (χ0n) is 11.8. The number of benzene rings is 1. The zero-order valence-corrected chi connectivity index (χ0v) is 11.8. The third-order valence-corrected chi connectivity index (χ3v) is 4.90. The number of fused-ring (bicyclic) bond motifs is 1. The van der Waals surface area contributed by atoms with E-state index in [1.807, 2.05) is 11.9 Å². The maximum atomic E-state index is 12.4. The molecule has 0 N–H and O–H groups in total. The van der Waals surface area contributed by atoms with Crippen molar-refractivity contribution >= 4 is 5.91 Å². The summed E-state index contributed by atoms with van der Waals surface area (Å²) in [5.41, 5.74) is 2.79. The second kappa shape index (κ2) is 5.36. The fourth-order valence-corrected chi connectivity index (χ4v) is 3.72. The fraction of sp³-hybridized carbons (Fsp3) is 0.588. The van der Waals surface area contributed by atoms with Gasteiger partial charge in [0.2, 0.25) is 5.91 Å². The minimum atomic E-state index is 0.310. The average molecular weight is 257 g/mol. The third kappa shape index (κ3) is 2.54. The molecular weight excluding hydrogens is 234 g/mol. The predicted molar refractivity (Wildman–Crippen MR) is 76.8 cm³/mol. The first-order valence-corrected chi connectivity index (χ1v) is 7.59. The molecule has 0 heterocycles. The van der Waals surface area contributed by atoms with Crippen molar-refractivity contribution in [1.82, 2.24) is 4.90 Å². The summed E-state index contributed by atoms with van der Waals surface area (Å²) >= 11 is 0. The number of carbonyl (C=O) groups excluding carboxylic acids is 1. The highest BCUT2D eigenvalue weighted by Gasteiger charge is 2.29. The molecule has 1 fully saturated rings. The van der Waals surface area contributed by atoms with Gasteiger partial charge in [0.25, 0.3) is 0 Å². The summed E-state index contributed by atoms with van der Waals surface area (Å²) in [6, 6.07) is 8.88. The van der Waals surface area contributed by atoms with Crippen LogP contribution in [0.5, 0.6) is 0 Å². The molecule has 19 heavy (non-hydrogen) atoms. The monoisotopic (exact) mass is 257 g/mol. The van der Waals surface area contributed by atoms with Gasteiger partial charge >= 0.3 is 0 Å². The van der Waals surface area contributed by atoms with Gasteiger partial charge in [-0.15, -0.1) is 0 Å². The summed E-state index contributed by atoms with van der Waals surface area (Å²) in [6.45, 7) is 0. The van der Waals surface area contributed by atoms with Crippen LogP contribution in [0.3, 0.4) is 0 Å². The Morgan fingerprint density at radius 2 is 1.95 bits per heavy atom. The molecule has 1 aromatic rings. The molecule has 2 nitrogen and oxygen atoms in total. The van der Waals surface area contributed by atoms with Crippen molar-refractivity contribution in [1.29, 1.82) is 0 Å². The first-order valence-electron chi connectivity index (χ1n) is 7.59. The predicted octanol–water partition coefficient (Wildman–Crippen LogP) is 3.71. The number of hydrogen-bond donors (Lipinski definition) is 0. The highest BCUT2D eigenvalue weighted by molar-refractivity contribution is 5.77. The van der Waals surface area contributed by atoms with Gasteiger partial charge in [0.15, 0.2) is 0 Å². The van der Waals surface area contributed by atoms with Crippen molar-refractivity contribution in [3.05, 3.63) is 35.4 Å². The van der Waals surface area contributed by atoms with Crippen molar-refractivity contribution in [3.8, 4) is 0 Å². The molecule has 0 aliphatic heterocycles. The molecule has 0 spiro atoms. The summed E-state index contributed by atoms with van der Waals surface area (Å²) < 4.78 is 0. The lowest BCUT2D eigenvalue weighted by Gasteiger charge is -2.26. The van der Waals surface area contributed by atoms with Crippen LogP contribution < -0.4 is 0 Å². The molecule has 102 valence electrons. The molecule has 0 bridgehead atoms. The van der Waals surface area contributed by atoms with E-state index >= 15 is 0 Å². The molecule has 0 saturated heterocycles. The van der Waals surface area contributed by atoms with Crippen molar-refractivity contribution in [3.63, 3.8) is 0 Å². The van der Waals surface area contributed by atoms with E-state index in [0.29, 0.717) is 17.9 Å². The van der Waals surface area contributed by atoms with Crippen molar-refractivity contribution in [2.75, 3.05) is 7.05 Å². The molecular formula is C17H23NO. The Bertz CT molecular complexity index is 462. The lowest BCUT2D eigenvalue weighted by Crippen LogP contribution is -2.31. The Labute approximate surface area is 115 Å². The van der Waals surface area contributed by atoms with Crippen molar-refractivity contribution < 1.29 is 4.79 Å². The zero-order chi connectivity index (χ0) is 13.2. The highest BCUT2D eigenvalue weighted by atomic mass is 16.2. The first kappa shape index (κ1) is 12.7. The number of nitrogens with zero attached hydrogens (tertiary/aromatic N) is 1. The van der Waals surface area contributed by atoms with E-state index in [1.54, 1.807) is 0 Å². The van der Waals surface area contributed by atoms with Crippen LogP contribution in [0, 0.1) is 5.92 Å². The van der Waals surface area contributed by atoms with E-state index in [0.717, 1.165) is 19.3 Å². The normalized spacial score (nSPS) is 22.5. The Hall–Kier alpha value is -1.31. The smallest absolute Gasteiger partial charge is 0.223 e. The van der Waals surface area contributed by atoms with Gasteiger partial charge in [-0.3, -0.25) is 4.79 Å². The van der Waals surface area contributed by atoms with E-state index in [-0.39, 0.29) is 0 Å². The fourth-order valence-electron chi connectivity index (χ4n) is 3.72. The molecule has 0 radical (unpaired) electrons. The van der Waals surface area contributed by atoms with Gasteiger partial charge in [0.1, 0.15) is 0 Å². The Kier molecular flexibility index (Phi) is 3.58. The number of carbonyl (C=O) groups is 1. The lowest BCUT2D eigenvalue weighted by molar-refractivity contribution is -0.133.